The zero-order valence-electron chi connectivity index (χ0n) is 13.5. The molecule has 0 fully saturated rings. The van der Waals surface area contributed by atoms with E-state index < -0.39 is 4.75 Å². The standard InChI is InChI=1S/C18H18N2O3S/c1-18(17(22)20-14-8-3-4-9-15(14)24-18)16(21)19-11-12-6-5-7-13(10-12)23-2/h3-10H,11H2,1-2H3,(H,19,21)(H,20,22)/t18-/m1/s1. The van der Waals surface area contributed by atoms with E-state index in [0.717, 1.165) is 21.9 Å². The maximum atomic E-state index is 12.6. The van der Waals surface area contributed by atoms with Crippen LogP contribution < -0.4 is 15.4 Å². The second kappa shape index (κ2) is 6.57. The summed E-state index contributed by atoms with van der Waals surface area (Å²) in [5.74, 6) is 0.100. The average molecular weight is 342 g/mol. The fraction of sp³-hybridized carbons (Fsp3) is 0.222. The lowest BCUT2D eigenvalue weighted by Gasteiger charge is -2.31. The highest BCUT2D eigenvalue weighted by Crippen LogP contribution is 2.42. The lowest BCUT2D eigenvalue weighted by molar-refractivity contribution is -0.130. The third-order valence-electron chi connectivity index (χ3n) is 3.90. The predicted molar refractivity (Wildman–Crippen MR) is 94.2 cm³/mol. The Kier molecular flexibility index (Phi) is 4.49. The van der Waals surface area contributed by atoms with Crippen LogP contribution in [-0.2, 0) is 16.1 Å². The first-order chi connectivity index (χ1) is 11.5. The van der Waals surface area contributed by atoms with E-state index in [1.54, 1.807) is 14.0 Å². The highest BCUT2D eigenvalue weighted by atomic mass is 32.2. The fourth-order valence-corrected chi connectivity index (χ4v) is 3.57. The van der Waals surface area contributed by atoms with Crippen LogP contribution >= 0.6 is 11.8 Å². The van der Waals surface area contributed by atoms with E-state index in [1.165, 1.54) is 11.8 Å². The summed E-state index contributed by atoms with van der Waals surface area (Å²) in [5.41, 5.74) is 1.65. The topological polar surface area (TPSA) is 67.4 Å². The first kappa shape index (κ1) is 16.4. The Balaban J connectivity index is 1.73. The van der Waals surface area contributed by atoms with Crippen molar-refractivity contribution in [2.45, 2.75) is 23.1 Å². The van der Waals surface area contributed by atoms with Crippen molar-refractivity contribution in [3.05, 3.63) is 54.1 Å². The van der Waals surface area contributed by atoms with Gasteiger partial charge in [-0.3, -0.25) is 9.59 Å². The average Bonchev–Trinajstić information content (AvgIpc) is 2.60. The zero-order valence-corrected chi connectivity index (χ0v) is 14.3. The summed E-state index contributed by atoms with van der Waals surface area (Å²) < 4.78 is 3.97. The molecule has 6 heteroatoms. The Morgan fingerprint density at radius 1 is 1.25 bits per heavy atom. The molecule has 0 saturated heterocycles. The number of hydrogen-bond acceptors (Lipinski definition) is 4. The van der Waals surface area contributed by atoms with Crippen molar-refractivity contribution in [3.63, 3.8) is 0 Å². The van der Waals surface area contributed by atoms with Crippen LogP contribution in [0.3, 0.4) is 0 Å². The number of hydrogen-bond donors (Lipinski definition) is 2. The van der Waals surface area contributed by atoms with Gasteiger partial charge in [0.15, 0.2) is 4.75 Å². The van der Waals surface area contributed by atoms with Gasteiger partial charge < -0.3 is 15.4 Å². The minimum Gasteiger partial charge on any atom is -0.497 e. The summed E-state index contributed by atoms with van der Waals surface area (Å²) in [6, 6.07) is 14.9. The summed E-state index contributed by atoms with van der Waals surface area (Å²) in [6.45, 7) is 1.98. The van der Waals surface area contributed by atoms with Crippen LogP contribution in [0, 0.1) is 0 Å². The van der Waals surface area contributed by atoms with Crippen molar-refractivity contribution < 1.29 is 14.3 Å². The number of thioether (sulfide) groups is 1. The third-order valence-corrected chi connectivity index (χ3v) is 5.26. The molecule has 1 heterocycles. The monoisotopic (exact) mass is 342 g/mol. The predicted octanol–water partition coefficient (Wildman–Crippen LogP) is 2.81. The Hall–Kier alpha value is -2.47. The van der Waals surface area contributed by atoms with Gasteiger partial charge in [-0.05, 0) is 36.8 Å². The molecule has 0 bridgehead atoms. The second-order valence-corrected chi connectivity index (χ2v) is 7.08. The van der Waals surface area contributed by atoms with Crippen LogP contribution in [0.4, 0.5) is 5.69 Å². The fourth-order valence-electron chi connectivity index (χ4n) is 2.45. The first-order valence-corrected chi connectivity index (χ1v) is 8.35. The number of carbonyl (C=O) groups excluding carboxylic acids is 2. The van der Waals surface area contributed by atoms with Crippen molar-refractivity contribution in [2.75, 3.05) is 12.4 Å². The molecule has 1 aliphatic rings. The van der Waals surface area contributed by atoms with Gasteiger partial charge in [-0.15, -0.1) is 0 Å². The molecule has 0 unspecified atom stereocenters. The van der Waals surface area contributed by atoms with Crippen LogP contribution in [0.1, 0.15) is 12.5 Å². The van der Waals surface area contributed by atoms with Gasteiger partial charge in [0.25, 0.3) is 0 Å². The Morgan fingerprint density at radius 3 is 2.83 bits per heavy atom. The van der Waals surface area contributed by atoms with E-state index in [4.69, 9.17) is 4.74 Å². The van der Waals surface area contributed by atoms with Crippen molar-refractivity contribution in [1.29, 1.82) is 0 Å². The van der Waals surface area contributed by atoms with Crippen LogP contribution in [0.5, 0.6) is 5.75 Å². The summed E-state index contributed by atoms with van der Waals surface area (Å²) in [4.78, 5) is 25.9. The minimum absolute atomic E-state index is 0.311. The number of nitrogens with one attached hydrogen (secondary N) is 2. The molecule has 2 N–H and O–H groups in total. The molecule has 5 nitrogen and oxygen atoms in total. The molecule has 2 aromatic carbocycles. The molecular weight excluding hydrogens is 324 g/mol. The summed E-state index contributed by atoms with van der Waals surface area (Å²) >= 11 is 1.27. The normalized spacial score (nSPS) is 19.2. The summed E-state index contributed by atoms with van der Waals surface area (Å²) in [6.07, 6.45) is 0. The molecule has 2 amide bonds. The smallest absolute Gasteiger partial charge is 0.250 e. The summed E-state index contributed by atoms with van der Waals surface area (Å²) in [7, 11) is 1.60. The lowest BCUT2D eigenvalue weighted by atomic mass is 10.1. The SMILES string of the molecule is COc1cccc(CNC(=O)[C@@]2(C)Sc3ccccc3NC2=O)c1. The number of amides is 2. The van der Waals surface area contributed by atoms with Gasteiger partial charge >= 0.3 is 0 Å². The van der Waals surface area contributed by atoms with Crippen LogP contribution in [0.2, 0.25) is 0 Å². The van der Waals surface area contributed by atoms with E-state index in [2.05, 4.69) is 10.6 Å². The molecule has 0 radical (unpaired) electrons. The van der Waals surface area contributed by atoms with Gasteiger partial charge in [0, 0.05) is 11.4 Å². The van der Waals surface area contributed by atoms with Crippen LogP contribution in [-0.4, -0.2) is 23.7 Å². The largest absolute Gasteiger partial charge is 0.497 e. The van der Waals surface area contributed by atoms with E-state index >= 15 is 0 Å². The van der Waals surface area contributed by atoms with Gasteiger partial charge in [-0.1, -0.05) is 36.0 Å². The van der Waals surface area contributed by atoms with Gasteiger partial charge in [0.2, 0.25) is 11.8 Å². The molecule has 124 valence electrons. The van der Waals surface area contributed by atoms with Crippen LogP contribution in [0.15, 0.2) is 53.4 Å². The third kappa shape index (κ3) is 3.10. The molecule has 1 aliphatic heterocycles. The number of para-hydroxylation sites is 1. The maximum Gasteiger partial charge on any atom is 0.250 e. The number of anilines is 1. The van der Waals surface area contributed by atoms with E-state index in [0.29, 0.717) is 6.54 Å². The second-order valence-electron chi connectivity index (χ2n) is 5.62. The van der Waals surface area contributed by atoms with Gasteiger partial charge in [0.1, 0.15) is 5.75 Å². The molecule has 24 heavy (non-hydrogen) atoms. The highest BCUT2D eigenvalue weighted by molar-refractivity contribution is 8.02. The van der Waals surface area contributed by atoms with Gasteiger partial charge in [-0.25, -0.2) is 0 Å². The maximum absolute atomic E-state index is 12.6. The van der Waals surface area contributed by atoms with E-state index in [9.17, 15) is 9.59 Å². The molecule has 3 rings (SSSR count). The summed E-state index contributed by atoms with van der Waals surface area (Å²) in [5, 5.41) is 5.65. The number of fused-ring (bicyclic) bond motifs is 1. The molecule has 0 aromatic heterocycles. The number of methoxy groups -OCH3 is 1. The highest BCUT2D eigenvalue weighted by Gasteiger charge is 2.45. The van der Waals surface area contributed by atoms with Gasteiger partial charge in [0.05, 0.1) is 12.8 Å². The van der Waals surface area contributed by atoms with Crippen molar-refractivity contribution in [3.8, 4) is 5.75 Å². The Morgan fingerprint density at radius 2 is 2.04 bits per heavy atom. The Bertz CT molecular complexity index is 793. The van der Waals surface area contributed by atoms with Crippen LogP contribution in [0.25, 0.3) is 0 Å². The molecule has 0 saturated carbocycles. The number of rotatable bonds is 4. The van der Waals surface area contributed by atoms with Gasteiger partial charge in [-0.2, -0.15) is 0 Å². The quantitative estimate of drug-likeness (QED) is 0.839. The molecule has 1 atom stereocenters. The number of ether oxygens (including phenoxy) is 1. The Labute approximate surface area is 144 Å². The van der Waals surface area contributed by atoms with Crippen molar-refractivity contribution in [1.82, 2.24) is 5.32 Å². The van der Waals surface area contributed by atoms with E-state index in [1.807, 2.05) is 48.5 Å². The van der Waals surface area contributed by atoms with Crippen molar-refractivity contribution in [2.24, 2.45) is 0 Å². The lowest BCUT2D eigenvalue weighted by Crippen LogP contribution is -2.51. The molecular formula is C18H18N2O3S. The molecule has 2 aromatic rings. The number of carbonyl (C=O) groups is 2. The zero-order chi connectivity index (χ0) is 17.2. The number of benzene rings is 2. The van der Waals surface area contributed by atoms with Crippen molar-refractivity contribution >= 4 is 29.3 Å². The first-order valence-electron chi connectivity index (χ1n) is 7.53. The molecule has 0 spiro atoms. The molecule has 0 aliphatic carbocycles. The van der Waals surface area contributed by atoms with E-state index in [-0.39, 0.29) is 11.8 Å². The minimum atomic E-state index is -1.20.